The molecule has 1 rings (SSSR count). The van der Waals surface area contributed by atoms with Gasteiger partial charge >= 0.3 is 12.4 Å². The van der Waals surface area contributed by atoms with Gasteiger partial charge in [-0.2, -0.15) is 26.3 Å². The Morgan fingerprint density at radius 1 is 1.10 bits per heavy atom. The number of para-hydroxylation sites is 1. The molecule has 0 aliphatic rings. The summed E-state index contributed by atoms with van der Waals surface area (Å²) in [5.74, 6) is -0.883. The Bertz CT molecular complexity index is 442. The lowest BCUT2D eigenvalue weighted by Gasteiger charge is -2.27. The van der Waals surface area contributed by atoms with E-state index in [4.69, 9.17) is 5.73 Å². The Hall–Kier alpha value is -1.44. The molecule has 1 aromatic rings. The van der Waals surface area contributed by atoms with Crippen molar-refractivity contribution in [3.05, 3.63) is 29.8 Å². The van der Waals surface area contributed by atoms with Gasteiger partial charge in [-0.15, -0.1) is 0 Å². The summed E-state index contributed by atoms with van der Waals surface area (Å²) in [5.41, 5.74) is 4.02. The van der Waals surface area contributed by atoms with Gasteiger partial charge < -0.3 is 10.5 Å². The molecule has 0 amide bonds. The smallest absolute Gasteiger partial charge is 0.426 e. The molecule has 0 heterocycles. The predicted octanol–water partition coefficient (Wildman–Crippen LogP) is 3.75. The van der Waals surface area contributed by atoms with Crippen LogP contribution in [0.15, 0.2) is 24.3 Å². The first-order valence-corrected chi connectivity index (χ1v) is 5.72. The van der Waals surface area contributed by atoms with E-state index >= 15 is 0 Å². The molecule has 2 unspecified atom stereocenters. The topological polar surface area (TPSA) is 35.2 Å². The summed E-state index contributed by atoms with van der Waals surface area (Å²) in [6.07, 6.45) is -12.2. The minimum Gasteiger partial charge on any atom is -0.479 e. The number of ether oxygens (including phenoxy) is 1. The van der Waals surface area contributed by atoms with Crippen LogP contribution in [0.3, 0.4) is 0 Å². The number of alkyl halides is 6. The largest absolute Gasteiger partial charge is 0.479 e. The van der Waals surface area contributed by atoms with Crippen molar-refractivity contribution in [2.24, 2.45) is 5.73 Å². The maximum Gasteiger partial charge on any atom is 0.426 e. The molecule has 0 saturated heterocycles. The molecule has 2 atom stereocenters. The second-order valence-corrected chi connectivity index (χ2v) is 4.15. The van der Waals surface area contributed by atoms with Crippen LogP contribution in [0, 0.1) is 0 Å². The molecule has 2 N–H and O–H groups in total. The zero-order chi connectivity index (χ0) is 15.6. The Kier molecular flexibility index (Phi) is 4.90. The van der Waals surface area contributed by atoms with Crippen LogP contribution in [-0.4, -0.2) is 18.3 Å². The molecule has 0 aliphatic heterocycles. The molecule has 0 spiro atoms. The standard InChI is InChI=1S/C12H13F6NO/c1-2-8(19)10(12(16,17)18)20-9-6-4-3-5-7(9)11(13,14)15/h3-6,8,10H,2,19H2,1H3. The molecule has 114 valence electrons. The van der Waals surface area contributed by atoms with Crippen molar-refractivity contribution in [2.75, 3.05) is 0 Å². The van der Waals surface area contributed by atoms with Crippen molar-refractivity contribution in [1.29, 1.82) is 0 Å². The normalized spacial score (nSPS) is 15.8. The van der Waals surface area contributed by atoms with Gasteiger partial charge in [-0.1, -0.05) is 19.1 Å². The molecule has 20 heavy (non-hydrogen) atoms. The van der Waals surface area contributed by atoms with Gasteiger partial charge in [-0.3, -0.25) is 0 Å². The fourth-order valence-electron chi connectivity index (χ4n) is 1.55. The fourth-order valence-corrected chi connectivity index (χ4v) is 1.55. The van der Waals surface area contributed by atoms with Crippen LogP contribution in [0.5, 0.6) is 5.75 Å². The Morgan fingerprint density at radius 3 is 2.10 bits per heavy atom. The molecule has 0 aromatic heterocycles. The van der Waals surface area contributed by atoms with Crippen molar-refractivity contribution in [2.45, 2.75) is 37.8 Å². The molecular weight excluding hydrogens is 288 g/mol. The lowest BCUT2D eigenvalue weighted by Crippen LogP contribution is -2.48. The lowest BCUT2D eigenvalue weighted by molar-refractivity contribution is -0.203. The van der Waals surface area contributed by atoms with E-state index in [0.717, 1.165) is 18.2 Å². The highest BCUT2D eigenvalue weighted by Gasteiger charge is 2.46. The van der Waals surface area contributed by atoms with Gasteiger partial charge in [-0.05, 0) is 18.6 Å². The third kappa shape index (κ3) is 4.03. The van der Waals surface area contributed by atoms with Crippen LogP contribution >= 0.6 is 0 Å². The third-order valence-electron chi connectivity index (χ3n) is 2.63. The van der Waals surface area contributed by atoms with Crippen LogP contribution < -0.4 is 10.5 Å². The van der Waals surface area contributed by atoms with E-state index in [1.165, 1.54) is 6.92 Å². The number of hydrogen-bond donors (Lipinski definition) is 1. The highest BCUT2D eigenvalue weighted by Crippen LogP contribution is 2.38. The molecule has 1 aromatic carbocycles. The van der Waals surface area contributed by atoms with Gasteiger partial charge in [0.05, 0.1) is 11.6 Å². The van der Waals surface area contributed by atoms with Gasteiger partial charge in [0.25, 0.3) is 0 Å². The van der Waals surface area contributed by atoms with E-state index in [1.807, 2.05) is 0 Å². The highest BCUT2D eigenvalue weighted by molar-refractivity contribution is 5.35. The number of rotatable bonds is 4. The van der Waals surface area contributed by atoms with Gasteiger partial charge in [0, 0.05) is 0 Å². The van der Waals surface area contributed by atoms with Gasteiger partial charge in [0.15, 0.2) is 0 Å². The fraction of sp³-hybridized carbons (Fsp3) is 0.500. The zero-order valence-electron chi connectivity index (χ0n) is 10.4. The Balaban J connectivity index is 3.13. The number of nitrogens with two attached hydrogens (primary N) is 1. The molecule has 0 radical (unpaired) electrons. The summed E-state index contributed by atoms with van der Waals surface area (Å²) in [6, 6.07) is 2.27. The van der Waals surface area contributed by atoms with E-state index in [9.17, 15) is 26.3 Å². The molecule has 2 nitrogen and oxygen atoms in total. The quantitative estimate of drug-likeness (QED) is 0.860. The first-order valence-electron chi connectivity index (χ1n) is 5.72. The molecule has 0 fully saturated rings. The summed E-state index contributed by atoms with van der Waals surface area (Å²) in [4.78, 5) is 0. The average molecular weight is 301 g/mol. The summed E-state index contributed by atoms with van der Waals surface area (Å²) < 4.78 is 80.9. The van der Waals surface area contributed by atoms with E-state index < -0.39 is 35.8 Å². The summed E-state index contributed by atoms with van der Waals surface area (Å²) in [5, 5.41) is 0. The summed E-state index contributed by atoms with van der Waals surface area (Å²) in [7, 11) is 0. The van der Waals surface area contributed by atoms with E-state index in [1.54, 1.807) is 0 Å². The molecule has 0 bridgehead atoms. The van der Waals surface area contributed by atoms with Crippen molar-refractivity contribution >= 4 is 0 Å². The number of benzene rings is 1. The van der Waals surface area contributed by atoms with Crippen LogP contribution in [0.1, 0.15) is 18.9 Å². The molecule has 8 heteroatoms. The van der Waals surface area contributed by atoms with Crippen LogP contribution in [0.2, 0.25) is 0 Å². The summed E-state index contributed by atoms with van der Waals surface area (Å²) in [6.45, 7) is 1.39. The second-order valence-electron chi connectivity index (χ2n) is 4.15. The maximum atomic E-state index is 12.8. The average Bonchev–Trinajstić information content (AvgIpc) is 2.33. The highest BCUT2D eigenvalue weighted by atomic mass is 19.4. The van der Waals surface area contributed by atoms with Gasteiger partial charge in [-0.25, -0.2) is 0 Å². The molecule has 0 aliphatic carbocycles. The van der Waals surface area contributed by atoms with Crippen molar-refractivity contribution < 1.29 is 31.1 Å². The van der Waals surface area contributed by atoms with Crippen molar-refractivity contribution in [1.82, 2.24) is 0 Å². The lowest BCUT2D eigenvalue weighted by atomic mass is 10.1. The minimum atomic E-state index is -4.85. The van der Waals surface area contributed by atoms with E-state index in [2.05, 4.69) is 4.74 Å². The first kappa shape index (κ1) is 16.6. The van der Waals surface area contributed by atoms with Gasteiger partial charge in [0.1, 0.15) is 5.75 Å². The second kappa shape index (κ2) is 5.90. The first-order chi connectivity index (χ1) is 9.07. The van der Waals surface area contributed by atoms with Crippen LogP contribution in [0.4, 0.5) is 26.3 Å². The monoisotopic (exact) mass is 301 g/mol. The Labute approximate surface area is 111 Å². The van der Waals surface area contributed by atoms with E-state index in [-0.39, 0.29) is 6.42 Å². The molecular formula is C12H13F6NO. The van der Waals surface area contributed by atoms with Crippen LogP contribution in [0.25, 0.3) is 0 Å². The summed E-state index contributed by atoms with van der Waals surface area (Å²) >= 11 is 0. The number of halogens is 6. The minimum absolute atomic E-state index is 0.0850. The predicted molar refractivity (Wildman–Crippen MR) is 60.2 cm³/mol. The maximum absolute atomic E-state index is 12.8. The third-order valence-corrected chi connectivity index (χ3v) is 2.63. The number of hydrogen-bond acceptors (Lipinski definition) is 2. The van der Waals surface area contributed by atoms with Gasteiger partial charge in [0.2, 0.25) is 6.10 Å². The van der Waals surface area contributed by atoms with E-state index in [0.29, 0.717) is 6.07 Å². The molecule has 0 saturated carbocycles. The zero-order valence-corrected chi connectivity index (χ0v) is 10.4. The van der Waals surface area contributed by atoms with Crippen molar-refractivity contribution in [3.63, 3.8) is 0 Å². The SMILES string of the molecule is CCC(N)C(Oc1ccccc1C(F)(F)F)C(F)(F)F. The Morgan fingerprint density at radius 2 is 1.65 bits per heavy atom. The van der Waals surface area contributed by atoms with Crippen molar-refractivity contribution in [3.8, 4) is 5.75 Å². The van der Waals surface area contributed by atoms with Crippen LogP contribution in [-0.2, 0) is 6.18 Å².